The number of thiazole rings is 1. The van der Waals surface area contributed by atoms with Crippen LogP contribution < -0.4 is 16.0 Å². The molecule has 1 aliphatic carbocycles. The molecule has 0 saturated heterocycles. The van der Waals surface area contributed by atoms with E-state index in [4.69, 9.17) is 9.51 Å². The Morgan fingerprint density at radius 2 is 1.97 bits per heavy atom. The van der Waals surface area contributed by atoms with Crippen LogP contribution in [0, 0.1) is 6.92 Å². The Labute approximate surface area is 205 Å². The Bertz CT molecular complexity index is 1290. The van der Waals surface area contributed by atoms with Gasteiger partial charge in [0.25, 0.3) is 5.91 Å². The Balaban J connectivity index is 1.17. The van der Waals surface area contributed by atoms with Gasteiger partial charge >= 0.3 is 0 Å². The van der Waals surface area contributed by atoms with Crippen molar-refractivity contribution >= 4 is 50.3 Å². The van der Waals surface area contributed by atoms with E-state index in [1.54, 1.807) is 29.2 Å². The average molecular weight is 496 g/mol. The minimum absolute atomic E-state index is 0.156. The van der Waals surface area contributed by atoms with Crippen molar-refractivity contribution in [3.63, 3.8) is 0 Å². The molecular formula is C23H25N7O2S2. The topological polar surface area (TPSA) is 118 Å². The molecule has 0 bridgehead atoms. The summed E-state index contributed by atoms with van der Waals surface area (Å²) < 4.78 is 6.12. The van der Waals surface area contributed by atoms with Gasteiger partial charge in [0.05, 0.1) is 22.5 Å². The number of carbonyl (C=O) groups is 1. The second-order valence-electron chi connectivity index (χ2n) is 8.26. The van der Waals surface area contributed by atoms with Crippen LogP contribution in [0.3, 0.4) is 0 Å². The Morgan fingerprint density at radius 1 is 1.18 bits per heavy atom. The van der Waals surface area contributed by atoms with E-state index in [1.807, 2.05) is 43.8 Å². The number of hydrogen-bond acceptors (Lipinski definition) is 10. The summed E-state index contributed by atoms with van der Waals surface area (Å²) in [7, 11) is 0. The monoisotopic (exact) mass is 495 g/mol. The zero-order valence-corrected chi connectivity index (χ0v) is 20.5. The van der Waals surface area contributed by atoms with E-state index in [0.29, 0.717) is 35.9 Å². The highest BCUT2D eigenvalue weighted by molar-refractivity contribution is 7.98. The van der Waals surface area contributed by atoms with Gasteiger partial charge in [0.2, 0.25) is 5.95 Å². The van der Waals surface area contributed by atoms with Crippen molar-refractivity contribution in [2.24, 2.45) is 0 Å². The van der Waals surface area contributed by atoms with Crippen LogP contribution in [-0.2, 0) is 6.54 Å². The molecular weight excluding hydrogens is 470 g/mol. The largest absolute Gasteiger partial charge is 0.359 e. The first-order valence-corrected chi connectivity index (χ1v) is 13.1. The van der Waals surface area contributed by atoms with Crippen LogP contribution in [0.15, 0.2) is 46.1 Å². The summed E-state index contributed by atoms with van der Waals surface area (Å²) in [6.07, 6.45) is 8.76. The third-order valence-corrected chi connectivity index (χ3v) is 7.34. The molecule has 1 saturated carbocycles. The van der Waals surface area contributed by atoms with Crippen molar-refractivity contribution in [1.29, 1.82) is 0 Å². The highest BCUT2D eigenvalue weighted by Crippen LogP contribution is 2.31. The highest BCUT2D eigenvalue weighted by Gasteiger charge is 2.26. The lowest BCUT2D eigenvalue weighted by Gasteiger charge is -2.14. The minimum Gasteiger partial charge on any atom is -0.359 e. The maximum absolute atomic E-state index is 12.6. The van der Waals surface area contributed by atoms with E-state index in [9.17, 15) is 4.79 Å². The highest BCUT2D eigenvalue weighted by atomic mass is 32.2. The first-order chi connectivity index (χ1) is 16.6. The molecule has 0 unspecified atom stereocenters. The lowest BCUT2D eigenvalue weighted by Crippen LogP contribution is -2.22. The fraction of sp³-hybridized carbons (Fsp3) is 0.348. The molecule has 1 amide bonds. The van der Waals surface area contributed by atoms with E-state index in [1.165, 1.54) is 0 Å². The number of nitrogens with one attached hydrogen (secondary N) is 3. The van der Waals surface area contributed by atoms with Gasteiger partial charge in [0.15, 0.2) is 10.9 Å². The number of rotatable bonds is 8. The van der Waals surface area contributed by atoms with Gasteiger partial charge in [-0.3, -0.25) is 4.79 Å². The van der Waals surface area contributed by atoms with E-state index in [-0.39, 0.29) is 5.91 Å². The van der Waals surface area contributed by atoms with E-state index < -0.39 is 0 Å². The number of anilines is 2. The second-order valence-corrected chi connectivity index (χ2v) is 10.2. The van der Waals surface area contributed by atoms with E-state index in [2.05, 4.69) is 31.1 Å². The lowest BCUT2D eigenvalue weighted by atomic mass is 10.2. The number of carbonyl (C=O) groups excluding carboxylic acids is 1. The van der Waals surface area contributed by atoms with Crippen LogP contribution in [-0.4, -0.2) is 44.4 Å². The molecule has 0 radical (unpaired) electrons. The molecule has 0 spiro atoms. The molecule has 3 N–H and O–H groups in total. The number of hydrogen-bond donors (Lipinski definition) is 3. The van der Waals surface area contributed by atoms with Gasteiger partial charge in [0, 0.05) is 41.0 Å². The zero-order chi connectivity index (χ0) is 23.5. The molecule has 0 aliphatic heterocycles. The predicted octanol–water partition coefficient (Wildman–Crippen LogP) is 4.48. The van der Waals surface area contributed by atoms with Gasteiger partial charge in [-0.1, -0.05) is 16.5 Å². The quantitative estimate of drug-likeness (QED) is 0.304. The summed E-state index contributed by atoms with van der Waals surface area (Å²) >= 11 is 3.20. The summed E-state index contributed by atoms with van der Waals surface area (Å²) in [5, 5.41) is 14.6. The van der Waals surface area contributed by atoms with E-state index in [0.717, 1.165) is 45.2 Å². The molecule has 1 fully saturated rings. The lowest BCUT2D eigenvalue weighted by molar-refractivity contribution is 0.0947. The summed E-state index contributed by atoms with van der Waals surface area (Å²) in [5.41, 5.74) is 2.26. The molecule has 176 valence electrons. The molecule has 4 aromatic rings. The molecule has 9 nitrogen and oxygen atoms in total. The van der Waals surface area contributed by atoms with Crippen LogP contribution in [0.1, 0.15) is 41.1 Å². The maximum Gasteiger partial charge on any atom is 0.251 e. The van der Waals surface area contributed by atoms with Crippen LogP contribution in [0.2, 0.25) is 0 Å². The molecule has 1 aliphatic rings. The normalized spacial score (nSPS) is 17.7. The van der Waals surface area contributed by atoms with Crippen LogP contribution in [0.25, 0.3) is 10.2 Å². The third-order valence-electron chi connectivity index (χ3n) is 5.71. The maximum atomic E-state index is 12.6. The summed E-state index contributed by atoms with van der Waals surface area (Å²) in [5.74, 6) is 1.15. The van der Waals surface area contributed by atoms with Crippen molar-refractivity contribution in [1.82, 2.24) is 25.4 Å². The molecule has 1 aromatic carbocycles. The van der Waals surface area contributed by atoms with E-state index >= 15 is 0 Å². The Kier molecular flexibility index (Phi) is 6.63. The van der Waals surface area contributed by atoms with Gasteiger partial charge in [-0.15, -0.1) is 11.8 Å². The predicted molar refractivity (Wildman–Crippen MR) is 135 cm³/mol. The van der Waals surface area contributed by atoms with Crippen LogP contribution in [0.5, 0.6) is 0 Å². The van der Waals surface area contributed by atoms with Crippen LogP contribution >= 0.6 is 23.1 Å². The Hall–Kier alpha value is -3.18. The molecule has 34 heavy (non-hydrogen) atoms. The first-order valence-electron chi connectivity index (χ1n) is 11.1. The fourth-order valence-corrected chi connectivity index (χ4v) is 5.29. The smallest absolute Gasteiger partial charge is 0.251 e. The molecule has 3 aromatic heterocycles. The van der Waals surface area contributed by atoms with Crippen LogP contribution in [0.4, 0.5) is 11.1 Å². The summed E-state index contributed by atoms with van der Waals surface area (Å²) in [6.45, 7) is 2.15. The zero-order valence-electron chi connectivity index (χ0n) is 18.9. The fourth-order valence-electron chi connectivity index (χ4n) is 3.99. The SMILES string of the molecule is CSc1cnc(N[C@H]2CC[C@H](Nc3nc4ccc(C(=O)NCc5cc(C)no5)cc4s3)C2)nc1. The van der Waals surface area contributed by atoms with Crippen molar-refractivity contribution < 1.29 is 9.32 Å². The number of aromatic nitrogens is 4. The minimum atomic E-state index is -0.156. The first kappa shape index (κ1) is 22.6. The summed E-state index contributed by atoms with van der Waals surface area (Å²) in [4.78, 5) is 27.1. The second kappa shape index (κ2) is 9.98. The van der Waals surface area contributed by atoms with Gasteiger partial charge in [-0.2, -0.15) is 0 Å². The molecule has 3 heterocycles. The summed E-state index contributed by atoms with van der Waals surface area (Å²) in [6, 6.07) is 8.03. The van der Waals surface area contributed by atoms with Crippen molar-refractivity contribution in [3.8, 4) is 0 Å². The molecule has 2 atom stereocenters. The standard InChI is InChI=1S/C23H25N7O2S2/c1-13-7-17(32-30-13)10-24-21(31)14-3-6-19-20(8-14)34-23(29-19)28-16-5-4-15(9-16)27-22-25-11-18(33-2)12-26-22/h3,6-8,11-12,15-16H,4-5,9-10H2,1-2H3,(H,24,31)(H,28,29)(H,25,26,27)/t15-,16-/m0/s1. The van der Waals surface area contributed by atoms with Gasteiger partial charge in [0.1, 0.15) is 0 Å². The molecule has 11 heteroatoms. The number of amides is 1. The van der Waals surface area contributed by atoms with Crippen molar-refractivity contribution in [2.75, 3.05) is 16.9 Å². The number of nitrogens with zero attached hydrogens (tertiary/aromatic N) is 4. The van der Waals surface area contributed by atoms with Crippen molar-refractivity contribution in [2.45, 2.75) is 49.7 Å². The third kappa shape index (κ3) is 5.31. The number of benzene rings is 1. The molecule has 5 rings (SSSR count). The number of aryl methyl sites for hydroxylation is 1. The Morgan fingerprint density at radius 3 is 2.71 bits per heavy atom. The number of thioether (sulfide) groups is 1. The van der Waals surface area contributed by atoms with Gasteiger partial charge in [-0.25, -0.2) is 15.0 Å². The average Bonchev–Trinajstić information content (AvgIpc) is 3.57. The number of fused-ring (bicyclic) bond motifs is 1. The van der Waals surface area contributed by atoms with Crippen molar-refractivity contribution in [3.05, 3.63) is 53.7 Å². The van der Waals surface area contributed by atoms with Gasteiger partial charge in [-0.05, 0) is 50.6 Å². The van der Waals surface area contributed by atoms with Gasteiger partial charge < -0.3 is 20.5 Å².